The summed E-state index contributed by atoms with van der Waals surface area (Å²) in [6.45, 7) is 11.8. The zero-order valence-corrected chi connectivity index (χ0v) is 14.0. The second kappa shape index (κ2) is 8.43. The molecule has 2 rings (SSSR count). The first-order chi connectivity index (χ1) is 10.2. The molecule has 1 fully saturated rings. The predicted octanol–water partition coefficient (Wildman–Crippen LogP) is 3.28. The number of piperidine rings is 1. The van der Waals surface area contributed by atoms with Gasteiger partial charge in [-0.1, -0.05) is 39.0 Å². The predicted molar refractivity (Wildman–Crippen MR) is 89.2 cm³/mol. The third-order valence-electron chi connectivity index (χ3n) is 4.70. The zero-order chi connectivity index (χ0) is 15.1. The molecule has 1 aromatic carbocycles. The van der Waals surface area contributed by atoms with E-state index in [4.69, 9.17) is 4.74 Å². The summed E-state index contributed by atoms with van der Waals surface area (Å²) in [6, 6.07) is 8.45. The van der Waals surface area contributed by atoms with Gasteiger partial charge in [-0.25, -0.2) is 0 Å². The molecule has 1 aliphatic heterocycles. The summed E-state index contributed by atoms with van der Waals surface area (Å²) in [5.74, 6) is 2.55. The molecule has 0 spiro atoms. The molecule has 0 bridgehead atoms. The summed E-state index contributed by atoms with van der Waals surface area (Å²) in [7, 11) is 0. The number of rotatable bonds is 7. The first-order valence-electron chi connectivity index (χ1n) is 8.72. The van der Waals surface area contributed by atoms with Crippen LogP contribution < -0.4 is 9.64 Å². The first-order valence-corrected chi connectivity index (χ1v) is 8.72. The SMILES string of the molecule is CC1CC[NH+](CCCCOc2ccccc2C(C)C)CC1. The molecule has 1 aromatic rings. The number of hydrogen-bond acceptors (Lipinski definition) is 1. The maximum atomic E-state index is 6.00. The van der Waals surface area contributed by atoms with Crippen molar-refractivity contribution in [1.29, 1.82) is 0 Å². The number of quaternary nitrogens is 1. The van der Waals surface area contributed by atoms with Crippen LogP contribution in [0.5, 0.6) is 5.75 Å². The molecule has 21 heavy (non-hydrogen) atoms. The van der Waals surface area contributed by atoms with E-state index in [1.165, 1.54) is 50.9 Å². The van der Waals surface area contributed by atoms with Crippen LogP contribution >= 0.6 is 0 Å². The van der Waals surface area contributed by atoms with Crippen molar-refractivity contribution in [2.24, 2.45) is 5.92 Å². The van der Waals surface area contributed by atoms with Gasteiger partial charge >= 0.3 is 0 Å². The molecule has 1 aliphatic rings. The Morgan fingerprint density at radius 3 is 2.57 bits per heavy atom. The van der Waals surface area contributed by atoms with Gasteiger partial charge in [-0.2, -0.15) is 0 Å². The molecule has 0 aliphatic carbocycles. The number of para-hydroxylation sites is 1. The molecule has 2 nitrogen and oxygen atoms in total. The van der Waals surface area contributed by atoms with Crippen LogP contribution in [0.1, 0.15) is 57.9 Å². The molecule has 0 unspecified atom stereocenters. The van der Waals surface area contributed by atoms with Gasteiger partial charge < -0.3 is 9.64 Å². The van der Waals surface area contributed by atoms with Crippen molar-refractivity contribution in [2.75, 3.05) is 26.2 Å². The Morgan fingerprint density at radius 1 is 1.14 bits per heavy atom. The second-order valence-corrected chi connectivity index (χ2v) is 6.93. The van der Waals surface area contributed by atoms with Crippen LogP contribution in [0, 0.1) is 5.92 Å². The van der Waals surface area contributed by atoms with Crippen molar-refractivity contribution in [2.45, 2.75) is 52.4 Å². The van der Waals surface area contributed by atoms with Gasteiger partial charge in [0.2, 0.25) is 0 Å². The van der Waals surface area contributed by atoms with Crippen molar-refractivity contribution in [3.05, 3.63) is 29.8 Å². The van der Waals surface area contributed by atoms with Gasteiger partial charge in [0.25, 0.3) is 0 Å². The van der Waals surface area contributed by atoms with Gasteiger partial charge in [0, 0.05) is 0 Å². The fourth-order valence-electron chi connectivity index (χ4n) is 3.17. The van der Waals surface area contributed by atoms with Gasteiger partial charge in [0.1, 0.15) is 5.75 Å². The normalized spacial score (nSPS) is 22.5. The maximum absolute atomic E-state index is 6.00. The summed E-state index contributed by atoms with van der Waals surface area (Å²) in [5, 5.41) is 0. The van der Waals surface area contributed by atoms with Gasteiger partial charge in [-0.05, 0) is 49.1 Å². The van der Waals surface area contributed by atoms with E-state index in [1.54, 1.807) is 4.90 Å². The molecule has 0 atom stereocenters. The Kier molecular flexibility index (Phi) is 6.56. The highest BCUT2D eigenvalue weighted by atomic mass is 16.5. The quantitative estimate of drug-likeness (QED) is 0.761. The molecule has 0 saturated carbocycles. The molecule has 0 radical (unpaired) electrons. The third-order valence-corrected chi connectivity index (χ3v) is 4.70. The molecule has 118 valence electrons. The van der Waals surface area contributed by atoms with E-state index >= 15 is 0 Å². The summed E-state index contributed by atoms with van der Waals surface area (Å²) in [5.41, 5.74) is 1.33. The lowest BCUT2D eigenvalue weighted by atomic mass is 9.99. The van der Waals surface area contributed by atoms with E-state index in [2.05, 4.69) is 45.0 Å². The number of likely N-dealkylation sites (tertiary alicyclic amines) is 1. The third kappa shape index (κ3) is 5.35. The van der Waals surface area contributed by atoms with Gasteiger partial charge in [-0.3, -0.25) is 0 Å². The van der Waals surface area contributed by atoms with Crippen LogP contribution in [0.4, 0.5) is 0 Å². The van der Waals surface area contributed by atoms with Crippen LogP contribution in [0.25, 0.3) is 0 Å². The Bertz CT molecular complexity index is 408. The van der Waals surface area contributed by atoms with Crippen LogP contribution in [-0.2, 0) is 0 Å². The maximum Gasteiger partial charge on any atom is 0.122 e. The van der Waals surface area contributed by atoms with Crippen LogP contribution in [0.15, 0.2) is 24.3 Å². The summed E-state index contributed by atoms with van der Waals surface area (Å²) < 4.78 is 6.00. The lowest BCUT2D eigenvalue weighted by Gasteiger charge is -2.27. The highest BCUT2D eigenvalue weighted by Gasteiger charge is 2.17. The first kappa shape index (κ1) is 16.4. The van der Waals surface area contributed by atoms with Crippen molar-refractivity contribution >= 4 is 0 Å². The van der Waals surface area contributed by atoms with Gasteiger partial charge in [0.05, 0.1) is 26.2 Å². The van der Waals surface area contributed by atoms with E-state index in [0.29, 0.717) is 5.92 Å². The Labute approximate surface area is 130 Å². The van der Waals surface area contributed by atoms with Crippen LogP contribution in [0.3, 0.4) is 0 Å². The molecule has 0 amide bonds. The Hall–Kier alpha value is -1.02. The number of ether oxygens (including phenoxy) is 1. The summed E-state index contributed by atoms with van der Waals surface area (Å²) >= 11 is 0. The monoisotopic (exact) mass is 290 g/mol. The summed E-state index contributed by atoms with van der Waals surface area (Å²) in [6.07, 6.45) is 5.28. The van der Waals surface area contributed by atoms with Crippen molar-refractivity contribution < 1.29 is 9.64 Å². The molecule has 1 N–H and O–H groups in total. The van der Waals surface area contributed by atoms with Crippen LogP contribution in [-0.4, -0.2) is 26.2 Å². The number of unbranched alkanes of at least 4 members (excludes halogenated alkanes) is 1. The van der Waals surface area contributed by atoms with Crippen LogP contribution in [0.2, 0.25) is 0 Å². The number of nitrogens with one attached hydrogen (secondary N) is 1. The Morgan fingerprint density at radius 2 is 1.86 bits per heavy atom. The van der Waals surface area contributed by atoms with E-state index in [9.17, 15) is 0 Å². The number of benzene rings is 1. The van der Waals surface area contributed by atoms with E-state index < -0.39 is 0 Å². The second-order valence-electron chi connectivity index (χ2n) is 6.93. The fourth-order valence-corrected chi connectivity index (χ4v) is 3.17. The van der Waals surface area contributed by atoms with Crippen molar-refractivity contribution in [3.63, 3.8) is 0 Å². The number of hydrogen-bond donors (Lipinski definition) is 1. The average Bonchev–Trinajstić information content (AvgIpc) is 2.49. The lowest BCUT2D eigenvalue weighted by molar-refractivity contribution is -0.906. The molecular formula is C19H32NO+. The minimum absolute atomic E-state index is 0.529. The Balaban J connectivity index is 1.64. The van der Waals surface area contributed by atoms with E-state index in [-0.39, 0.29) is 0 Å². The lowest BCUT2D eigenvalue weighted by Crippen LogP contribution is -3.13. The molecule has 0 aromatic heterocycles. The average molecular weight is 290 g/mol. The highest BCUT2D eigenvalue weighted by Crippen LogP contribution is 2.25. The molecule has 1 saturated heterocycles. The fraction of sp³-hybridized carbons (Fsp3) is 0.684. The van der Waals surface area contributed by atoms with Crippen molar-refractivity contribution in [3.8, 4) is 5.75 Å². The molecule has 2 heteroatoms. The highest BCUT2D eigenvalue weighted by molar-refractivity contribution is 5.35. The topological polar surface area (TPSA) is 13.7 Å². The largest absolute Gasteiger partial charge is 0.493 e. The van der Waals surface area contributed by atoms with E-state index in [1.807, 2.05) is 0 Å². The molecular weight excluding hydrogens is 258 g/mol. The smallest absolute Gasteiger partial charge is 0.122 e. The zero-order valence-electron chi connectivity index (χ0n) is 14.0. The van der Waals surface area contributed by atoms with Gasteiger partial charge in [-0.15, -0.1) is 0 Å². The minimum Gasteiger partial charge on any atom is -0.493 e. The summed E-state index contributed by atoms with van der Waals surface area (Å²) in [4.78, 5) is 1.80. The van der Waals surface area contributed by atoms with E-state index in [0.717, 1.165) is 18.3 Å². The standard InChI is InChI=1S/C19H31NO/c1-16(2)18-8-4-5-9-19(18)21-15-7-6-12-20-13-10-17(3)11-14-20/h4-5,8-9,16-17H,6-7,10-15H2,1-3H3/p+1. The molecule has 1 heterocycles. The van der Waals surface area contributed by atoms with Crippen molar-refractivity contribution in [1.82, 2.24) is 0 Å². The van der Waals surface area contributed by atoms with Gasteiger partial charge in [0.15, 0.2) is 0 Å². The minimum atomic E-state index is 0.529.